The van der Waals surface area contributed by atoms with Crippen LogP contribution in [0.1, 0.15) is 63.4 Å². The van der Waals surface area contributed by atoms with E-state index in [1.807, 2.05) is 45.0 Å². The van der Waals surface area contributed by atoms with E-state index >= 15 is 0 Å². The standard InChI is InChI=1S/C26H37N3O6S/c1-25(2,3)34-23(32)28-20(22(30)31)16-19-15-14-18(36-19)12-8-10-17-11-9-13-21(27-17)29(7)24(33)35-26(4,5)6/h9,11,13-15,20H,8,10,12,16H2,1-7H3,(H,28,32)(H,30,31)/t20-/m0/s1. The number of aryl methyl sites for hydroxylation is 2. The highest BCUT2D eigenvalue weighted by Gasteiger charge is 2.25. The number of aliphatic carboxylic acids is 1. The number of ether oxygens (including phenoxy) is 2. The number of anilines is 1. The Balaban J connectivity index is 1.90. The Morgan fingerprint density at radius 2 is 1.64 bits per heavy atom. The minimum atomic E-state index is -1.11. The number of thiophene rings is 1. The molecule has 0 aliphatic rings. The first kappa shape index (κ1) is 29.1. The summed E-state index contributed by atoms with van der Waals surface area (Å²) in [7, 11) is 1.63. The number of carbonyl (C=O) groups is 3. The second kappa shape index (κ2) is 12.2. The Morgan fingerprint density at radius 3 is 2.25 bits per heavy atom. The molecule has 9 nitrogen and oxygen atoms in total. The predicted octanol–water partition coefficient (Wildman–Crippen LogP) is 5.21. The molecule has 2 amide bonds. The van der Waals surface area contributed by atoms with Gasteiger partial charge in [-0.05, 0) is 85.1 Å². The third-order valence-corrected chi connectivity index (χ3v) is 5.94. The number of hydrogen-bond acceptors (Lipinski definition) is 7. The molecule has 0 unspecified atom stereocenters. The number of rotatable bonds is 9. The van der Waals surface area contributed by atoms with E-state index in [1.165, 1.54) is 16.2 Å². The summed E-state index contributed by atoms with van der Waals surface area (Å²) in [4.78, 5) is 43.9. The van der Waals surface area contributed by atoms with Crippen molar-refractivity contribution >= 4 is 35.3 Å². The van der Waals surface area contributed by atoms with Crippen molar-refractivity contribution < 1.29 is 29.0 Å². The molecule has 0 spiro atoms. The van der Waals surface area contributed by atoms with Crippen LogP contribution >= 0.6 is 11.3 Å². The van der Waals surface area contributed by atoms with E-state index in [9.17, 15) is 19.5 Å². The van der Waals surface area contributed by atoms with Gasteiger partial charge < -0.3 is 19.9 Å². The first-order valence-corrected chi connectivity index (χ1v) is 12.7. The predicted molar refractivity (Wildman–Crippen MR) is 140 cm³/mol. The zero-order valence-electron chi connectivity index (χ0n) is 22.1. The number of hydrogen-bond donors (Lipinski definition) is 2. The maximum absolute atomic E-state index is 12.3. The molecule has 0 saturated carbocycles. The quantitative estimate of drug-likeness (QED) is 0.467. The van der Waals surface area contributed by atoms with E-state index in [0.717, 1.165) is 34.7 Å². The van der Waals surface area contributed by atoms with Gasteiger partial charge in [-0.2, -0.15) is 0 Å². The summed E-state index contributed by atoms with van der Waals surface area (Å²) >= 11 is 1.53. The largest absolute Gasteiger partial charge is 0.480 e. The van der Waals surface area contributed by atoms with Crippen LogP contribution in [0.5, 0.6) is 0 Å². The van der Waals surface area contributed by atoms with Crippen LogP contribution in [0.3, 0.4) is 0 Å². The van der Waals surface area contributed by atoms with Crippen LogP contribution in [0, 0.1) is 0 Å². The van der Waals surface area contributed by atoms with E-state index in [0.29, 0.717) is 5.82 Å². The number of aromatic nitrogens is 1. The van der Waals surface area contributed by atoms with E-state index in [1.54, 1.807) is 33.9 Å². The topological polar surface area (TPSA) is 118 Å². The fraction of sp³-hybridized carbons (Fsp3) is 0.538. The Bertz CT molecular complexity index is 1050. The Labute approximate surface area is 216 Å². The maximum Gasteiger partial charge on any atom is 0.415 e. The minimum absolute atomic E-state index is 0.180. The zero-order chi connectivity index (χ0) is 27.1. The molecule has 0 radical (unpaired) electrons. The first-order valence-electron chi connectivity index (χ1n) is 11.9. The van der Waals surface area contributed by atoms with Crippen molar-refractivity contribution in [3.05, 3.63) is 45.8 Å². The SMILES string of the molecule is CN(C(=O)OC(C)(C)C)c1cccc(CCCc2ccc(C[C@H](NC(=O)OC(C)(C)C)C(=O)O)s2)n1. The van der Waals surface area contributed by atoms with Crippen LogP contribution in [0.25, 0.3) is 0 Å². The number of carboxylic acid groups (broad SMARTS) is 1. The fourth-order valence-corrected chi connectivity index (χ4v) is 4.28. The summed E-state index contributed by atoms with van der Waals surface area (Å²) in [6.07, 6.45) is 1.33. The van der Waals surface area contributed by atoms with Crippen LogP contribution in [-0.2, 0) is 33.5 Å². The van der Waals surface area contributed by atoms with Gasteiger partial charge in [0, 0.05) is 28.9 Å². The lowest BCUT2D eigenvalue weighted by molar-refractivity contribution is -0.139. The molecule has 2 heterocycles. The average Bonchev–Trinajstić information content (AvgIpc) is 3.17. The van der Waals surface area contributed by atoms with Gasteiger partial charge in [0.05, 0.1) is 0 Å². The second-order valence-electron chi connectivity index (χ2n) is 10.5. The summed E-state index contributed by atoms with van der Waals surface area (Å²) in [5, 5.41) is 11.9. The van der Waals surface area contributed by atoms with Gasteiger partial charge in [0.1, 0.15) is 23.1 Å². The molecule has 1 atom stereocenters. The summed E-state index contributed by atoms with van der Waals surface area (Å²) in [5.74, 6) is -0.588. The Morgan fingerprint density at radius 1 is 1.00 bits per heavy atom. The fourth-order valence-electron chi connectivity index (χ4n) is 3.18. The molecule has 2 N–H and O–H groups in total. The molecule has 36 heavy (non-hydrogen) atoms. The van der Waals surface area contributed by atoms with Gasteiger partial charge in [-0.3, -0.25) is 4.90 Å². The Kier molecular flexibility index (Phi) is 9.86. The van der Waals surface area contributed by atoms with Crippen LogP contribution in [0.2, 0.25) is 0 Å². The molecular formula is C26H37N3O6S. The summed E-state index contributed by atoms with van der Waals surface area (Å²) in [5.41, 5.74) is -0.422. The van der Waals surface area contributed by atoms with E-state index in [4.69, 9.17) is 9.47 Å². The van der Waals surface area contributed by atoms with Crippen LogP contribution in [0.15, 0.2) is 30.3 Å². The van der Waals surface area contributed by atoms with Gasteiger partial charge in [0.25, 0.3) is 0 Å². The second-order valence-corrected chi connectivity index (χ2v) is 11.7. The van der Waals surface area contributed by atoms with Crippen LogP contribution in [0.4, 0.5) is 15.4 Å². The Hall–Kier alpha value is -3.14. The molecule has 0 bridgehead atoms. The van der Waals surface area contributed by atoms with Crippen molar-refractivity contribution in [3.8, 4) is 0 Å². The lowest BCUT2D eigenvalue weighted by atomic mass is 10.1. The average molecular weight is 520 g/mol. The van der Waals surface area contributed by atoms with Gasteiger partial charge in [-0.1, -0.05) is 6.07 Å². The summed E-state index contributed by atoms with van der Waals surface area (Å²) < 4.78 is 10.6. The molecule has 0 saturated heterocycles. The van der Waals surface area contributed by atoms with Crippen molar-refractivity contribution in [3.63, 3.8) is 0 Å². The third kappa shape index (κ3) is 10.2. The highest BCUT2D eigenvalue weighted by atomic mass is 32.1. The molecule has 0 aromatic carbocycles. The number of carboxylic acids is 1. The van der Waals surface area contributed by atoms with E-state index < -0.39 is 35.4 Å². The normalized spacial score (nSPS) is 12.5. The van der Waals surface area contributed by atoms with Gasteiger partial charge in [0.15, 0.2) is 0 Å². The van der Waals surface area contributed by atoms with Gasteiger partial charge in [0.2, 0.25) is 0 Å². The van der Waals surface area contributed by atoms with Crippen molar-refractivity contribution in [2.24, 2.45) is 0 Å². The van der Waals surface area contributed by atoms with Crippen molar-refractivity contribution in [2.75, 3.05) is 11.9 Å². The number of nitrogens with one attached hydrogen (secondary N) is 1. The number of alkyl carbamates (subject to hydrolysis) is 1. The van der Waals surface area contributed by atoms with Crippen LogP contribution < -0.4 is 10.2 Å². The van der Waals surface area contributed by atoms with Gasteiger partial charge in [-0.15, -0.1) is 11.3 Å². The third-order valence-electron chi connectivity index (χ3n) is 4.77. The molecule has 0 aliphatic heterocycles. The lowest BCUT2D eigenvalue weighted by Crippen LogP contribution is -2.44. The lowest BCUT2D eigenvalue weighted by Gasteiger charge is -2.24. The monoisotopic (exact) mass is 519 g/mol. The maximum atomic E-state index is 12.3. The molecule has 2 rings (SSSR count). The van der Waals surface area contributed by atoms with Crippen molar-refractivity contribution in [2.45, 2.75) is 84.5 Å². The summed E-state index contributed by atoms with van der Waals surface area (Å²) in [6, 6.07) is 8.36. The highest BCUT2D eigenvalue weighted by Crippen LogP contribution is 2.21. The van der Waals surface area contributed by atoms with Gasteiger partial charge in [-0.25, -0.2) is 19.4 Å². The molecule has 198 valence electrons. The minimum Gasteiger partial charge on any atom is -0.480 e. The number of carbonyl (C=O) groups excluding carboxylic acids is 2. The zero-order valence-corrected chi connectivity index (χ0v) is 22.9. The molecule has 0 aliphatic carbocycles. The van der Waals surface area contributed by atoms with Crippen LogP contribution in [-0.4, -0.2) is 52.5 Å². The summed E-state index contributed by atoms with van der Waals surface area (Å²) in [6.45, 7) is 10.6. The first-order chi connectivity index (χ1) is 16.6. The molecule has 2 aromatic heterocycles. The van der Waals surface area contributed by atoms with Gasteiger partial charge >= 0.3 is 18.2 Å². The smallest absolute Gasteiger partial charge is 0.415 e. The molecule has 10 heteroatoms. The number of pyridine rings is 1. The number of amides is 2. The molecule has 0 fully saturated rings. The van der Waals surface area contributed by atoms with E-state index in [2.05, 4.69) is 10.3 Å². The van der Waals surface area contributed by atoms with E-state index in [-0.39, 0.29) is 6.42 Å². The van der Waals surface area contributed by atoms with Crippen molar-refractivity contribution in [1.29, 1.82) is 0 Å². The molecular weight excluding hydrogens is 482 g/mol. The number of nitrogens with zero attached hydrogens (tertiary/aromatic N) is 2. The molecule has 2 aromatic rings. The highest BCUT2D eigenvalue weighted by molar-refractivity contribution is 7.12. The van der Waals surface area contributed by atoms with Crippen molar-refractivity contribution in [1.82, 2.24) is 10.3 Å².